The van der Waals surface area contributed by atoms with Crippen molar-refractivity contribution in [2.24, 2.45) is 0 Å². The van der Waals surface area contributed by atoms with E-state index in [1.165, 1.54) is 48.5 Å². The van der Waals surface area contributed by atoms with Gasteiger partial charge in [-0.2, -0.15) is 0 Å². The van der Waals surface area contributed by atoms with Gasteiger partial charge in [0.1, 0.15) is 11.3 Å². The molecule has 0 spiro atoms. The summed E-state index contributed by atoms with van der Waals surface area (Å²) in [6.45, 7) is 0. The van der Waals surface area contributed by atoms with Gasteiger partial charge in [0.15, 0.2) is 5.43 Å². The number of fused-ring (bicyclic) bond motifs is 2. The van der Waals surface area contributed by atoms with E-state index in [1.54, 1.807) is 0 Å². The van der Waals surface area contributed by atoms with E-state index < -0.39 is 11.9 Å². The van der Waals surface area contributed by atoms with Crippen molar-refractivity contribution < 1.29 is 88.4 Å². The van der Waals surface area contributed by atoms with Gasteiger partial charge in [0.2, 0.25) is 0 Å². The molecule has 4 rings (SSSR count). The van der Waals surface area contributed by atoms with Crippen molar-refractivity contribution in [3.05, 3.63) is 75.9 Å². The molecule has 0 unspecified atom stereocenters. The number of carboxylic acid groups (broad SMARTS) is 2. The Kier molecular flexibility index (Phi) is 7.52. The number of rotatable bonds is 3. The minimum absolute atomic E-state index is 0. The molecular weight excluding hydrogens is 410 g/mol. The first-order valence-corrected chi connectivity index (χ1v) is 8.12. The van der Waals surface area contributed by atoms with Gasteiger partial charge in [0.25, 0.3) is 0 Å². The molecule has 0 saturated carbocycles. The van der Waals surface area contributed by atoms with Crippen molar-refractivity contribution in [3.8, 4) is 28.2 Å². The van der Waals surface area contributed by atoms with Crippen LogP contribution >= 0.6 is 0 Å². The van der Waals surface area contributed by atoms with Crippen molar-refractivity contribution in [2.75, 3.05) is 0 Å². The second kappa shape index (κ2) is 9.34. The topological polar surface area (TPSA) is 131 Å². The Morgan fingerprint density at radius 1 is 0.900 bits per heavy atom. The van der Waals surface area contributed by atoms with Crippen LogP contribution < -0.4 is 74.8 Å². The maximum absolute atomic E-state index is 11.8. The first-order chi connectivity index (χ1) is 13.3. The van der Waals surface area contributed by atoms with Gasteiger partial charge in [0.05, 0.1) is 11.5 Å². The number of benzene rings is 3. The summed E-state index contributed by atoms with van der Waals surface area (Å²) in [5.41, 5.74) is 0.328. The van der Waals surface area contributed by atoms with Gasteiger partial charge in [-0.15, -0.1) is 5.75 Å². The maximum Gasteiger partial charge on any atom is 1.00 e. The molecule has 1 N–H and O–H groups in total. The monoisotopic (exact) mass is 420 g/mol. The van der Waals surface area contributed by atoms with Crippen LogP contribution in [0.2, 0.25) is 0 Å². The molecule has 2 aromatic rings. The number of carbonyl (C=O) groups excluding carboxylic acids is 1. The quantitative estimate of drug-likeness (QED) is 0.262. The Morgan fingerprint density at radius 2 is 1.63 bits per heavy atom. The van der Waals surface area contributed by atoms with E-state index in [0.717, 1.165) is 6.07 Å². The summed E-state index contributed by atoms with van der Waals surface area (Å²) in [6.07, 6.45) is 0. The average Bonchev–Trinajstić information content (AvgIpc) is 2.65. The molecule has 2 aromatic carbocycles. The first-order valence-electron chi connectivity index (χ1n) is 8.12. The number of hydrogen-bond acceptors (Lipinski definition) is 6. The Morgan fingerprint density at radius 3 is 2.30 bits per heavy atom. The van der Waals surface area contributed by atoms with E-state index in [-0.39, 0.29) is 98.3 Å². The van der Waals surface area contributed by atoms with Gasteiger partial charge in [-0.1, -0.05) is 18.2 Å². The summed E-state index contributed by atoms with van der Waals surface area (Å²) in [4.78, 5) is 34.8. The van der Waals surface area contributed by atoms with Gasteiger partial charge in [0, 0.05) is 22.6 Å². The van der Waals surface area contributed by atoms with Crippen LogP contribution in [0.25, 0.3) is 33.4 Å². The summed E-state index contributed by atoms with van der Waals surface area (Å²) in [5, 5.41) is 33.1. The molecular formula is C21H10Na2O7. The van der Waals surface area contributed by atoms with Crippen LogP contribution in [-0.4, -0.2) is 17.0 Å². The smallest absolute Gasteiger partial charge is 0.872 e. The largest absolute Gasteiger partial charge is 1.00 e. The van der Waals surface area contributed by atoms with Crippen LogP contribution in [-0.2, 0) is 0 Å². The third-order valence-corrected chi connectivity index (χ3v) is 4.42. The van der Waals surface area contributed by atoms with Crippen molar-refractivity contribution in [1.29, 1.82) is 0 Å². The van der Waals surface area contributed by atoms with Crippen LogP contribution in [0.5, 0.6) is 5.75 Å². The molecule has 0 amide bonds. The summed E-state index contributed by atoms with van der Waals surface area (Å²) in [7, 11) is 0. The maximum atomic E-state index is 11.8. The third-order valence-electron chi connectivity index (χ3n) is 4.42. The number of carbonyl (C=O) groups is 2. The standard InChI is InChI=1S/C21H12O7.2Na/c22-11-2-5-14-17(8-11)28-18-9-12(23)3-6-15(18)19(14)16-7-10(20(24)25)1-4-13(16)21(26)27;;/h1-9,22H,(H,24,25)(H,26,27);;/q;2*+1/p-2. The third kappa shape index (κ3) is 4.32. The minimum atomic E-state index is -1.46. The SMILES string of the molecule is O=C([O-])c1ccc(C(=O)O)c(-c2c3ccc(=O)cc-3oc3cc([O-])ccc23)c1.[Na+].[Na+]. The van der Waals surface area contributed by atoms with E-state index in [0.29, 0.717) is 16.5 Å². The fourth-order valence-electron chi connectivity index (χ4n) is 3.21. The van der Waals surface area contributed by atoms with E-state index in [9.17, 15) is 29.7 Å². The Bertz CT molecular complexity index is 1310. The van der Waals surface area contributed by atoms with Crippen LogP contribution in [0.3, 0.4) is 0 Å². The molecule has 1 heterocycles. The summed E-state index contributed by atoms with van der Waals surface area (Å²) >= 11 is 0. The zero-order valence-electron chi connectivity index (χ0n) is 16.1. The van der Waals surface area contributed by atoms with Crippen molar-refractivity contribution >= 4 is 22.9 Å². The zero-order valence-corrected chi connectivity index (χ0v) is 20.1. The van der Waals surface area contributed by atoms with Crippen molar-refractivity contribution in [1.82, 2.24) is 0 Å². The van der Waals surface area contributed by atoms with Crippen molar-refractivity contribution in [2.45, 2.75) is 0 Å². The molecule has 30 heavy (non-hydrogen) atoms. The summed E-state index contributed by atoms with van der Waals surface area (Å²) in [6, 6.07) is 11.5. The van der Waals surface area contributed by atoms with Crippen LogP contribution in [0.1, 0.15) is 20.7 Å². The van der Waals surface area contributed by atoms with Gasteiger partial charge in [-0.05, 0) is 41.5 Å². The van der Waals surface area contributed by atoms with E-state index in [1.807, 2.05) is 0 Å². The van der Waals surface area contributed by atoms with Gasteiger partial charge >= 0.3 is 65.1 Å². The average molecular weight is 420 g/mol. The molecule has 0 fully saturated rings. The summed E-state index contributed by atoms with van der Waals surface area (Å²) < 4.78 is 5.67. The number of hydrogen-bond donors (Lipinski definition) is 1. The van der Waals surface area contributed by atoms with E-state index in [2.05, 4.69) is 0 Å². The molecule has 0 saturated heterocycles. The first kappa shape index (κ1) is 24.1. The predicted octanol–water partition coefficient (Wildman–Crippen LogP) is -4.29. The normalized spacial score (nSPS) is 10.3. The van der Waals surface area contributed by atoms with E-state index >= 15 is 0 Å². The van der Waals surface area contributed by atoms with Crippen LogP contribution in [0, 0.1) is 0 Å². The molecule has 7 nitrogen and oxygen atoms in total. The predicted molar refractivity (Wildman–Crippen MR) is 95.3 cm³/mol. The molecule has 0 atom stereocenters. The molecule has 9 heteroatoms. The zero-order chi connectivity index (χ0) is 20.0. The van der Waals surface area contributed by atoms with Gasteiger partial charge in [-0.3, -0.25) is 4.79 Å². The molecule has 1 aliphatic carbocycles. The number of carboxylic acids is 2. The Labute approximate surface area is 213 Å². The van der Waals surface area contributed by atoms with Crippen LogP contribution in [0.4, 0.5) is 0 Å². The Hall–Kier alpha value is -2.13. The molecule has 138 valence electrons. The second-order valence-corrected chi connectivity index (χ2v) is 6.15. The van der Waals surface area contributed by atoms with Crippen LogP contribution in [0.15, 0.2) is 63.8 Å². The van der Waals surface area contributed by atoms with Gasteiger partial charge < -0.3 is 24.5 Å². The van der Waals surface area contributed by atoms with Crippen molar-refractivity contribution in [3.63, 3.8) is 0 Å². The molecule has 0 bridgehead atoms. The fraction of sp³-hybridized carbons (Fsp3) is 0. The van der Waals surface area contributed by atoms with E-state index in [4.69, 9.17) is 4.42 Å². The second-order valence-electron chi connectivity index (χ2n) is 6.15. The van der Waals surface area contributed by atoms with Gasteiger partial charge in [-0.25, -0.2) is 4.79 Å². The molecule has 1 aliphatic heterocycles. The molecule has 0 aromatic heterocycles. The minimum Gasteiger partial charge on any atom is -0.872 e. The molecule has 0 radical (unpaired) electrons. The number of aromatic carboxylic acids is 2. The Balaban J connectivity index is 0.00000160. The summed E-state index contributed by atoms with van der Waals surface area (Å²) in [5.74, 6) is -2.91. The molecule has 2 aliphatic rings. The fourth-order valence-corrected chi connectivity index (χ4v) is 3.21.